The third-order valence-corrected chi connectivity index (χ3v) is 4.13. The van der Waals surface area contributed by atoms with Gasteiger partial charge in [0.1, 0.15) is 5.82 Å². The molecule has 0 aromatic heterocycles. The summed E-state index contributed by atoms with van der Waals surface area (Å²) in [5.41, 5.74) is -3.28. The van der Waals surface area contributed by atoms with E-state index in [0.29, 0.717) is 25.0 Å². The fourth-order valence-corrected chi connectivity index (χ4v) is 2.48. The zero-order chi connectivity index (χ0) is 27.6. The number of carbonyl (C=O) groups excluding carboxylic acids is 1. The predicted octanol–water partition coefficient (Wildman–Crippen LogP) is 5.59. The summed E-state index contributed by atoms with van der Waals surface area (Å²) in [5.74, 6) is 4.96. The molecule has 1 fully saturated rings. The first kappa shape index (κ1) is 33.1. The number of carbonyl (C=O) groups is 1. The Bertz CT molecular complexity index is 898. The number of rotatable bonds is 2. The Balaban J connectivity index is 0.000000529. The molecular formula is C25H28F7NO3. The van der Waals surface area contributed by atoms with E-state index in [2.05, 4.69) is 16.7 Å². The molecule has 1 N–H and O–H groups in total. The van der Waals surface area contributed by atoms with Gasteiger partial charge in [-0.1, -0.05) is 38.0 Å². The number of hydrogen-bond acceptors (Lipinski definition) is 4. The Labute approximate surface area is 205 Å². The quantitative estimate of drug-likeness (QED) is 0.317. The highest BCUT2D eigenvalue weighted by atomic mass is 19.4. The van der Waals surface area contributed by atoms with E-state index in [9.17, 15) is 35.5 Å². The molecule has 1 aliphatic heterocycles. The van der Waals surface area contributed by atoms with Crippen LogP contribution in [0.3, 0.4) is 0 Å². The molecule has 3 rings (SSSR count). The summed E-state index contributed by atoms with van der Waals surface area (Å²) < 4.78 is 90.4. The highest BCUT2D eigenvalue weighted by molar-refractivity contribution is 5.72. The van der Waals surface area contributed by atoms with Crippen LogP contribution in [0.25, 0.3) is 0 Å². The van der Waals surface area contributed by atoms with Crippen molar-refractivity contribution in [3.8, 4) is 11.8 Å². The standard InChI is InChI=1S/C9H6F6O.C8H11NO2.C6H5F.C2H6/c10-8(11,12)6-1-5(4-16)2-7(3-6)9(13,14)15;10-6-2-1-3-9-4-7-11-8-5-9;7-6-4-2-1-3-5-6;1-2/h1-3,16H,4H2;6H,3-5,7-8H2;1-5H;1-2H3. The summed E-state index contributed by atoms with van der Waals surface area (Å²) in [6, 6.07) is 8.91. The number of aldehydes is 1. The normalized spacial score (nSPS) is 13.3. The minimum absolute atomic E-state index is 0.0131. The summed E-state index contributed by atoms with van der Waals surface area (Å²) >= 11 is 0. The predicted molar refractivity (Wildman–Crippen MR) is 121 cm³/mol. The third kappa shape index (κ3) is 14.5. The maximum atomic E-state index is 12.2. The van der Waals surface area contributed by atoms with Gasteiger partial charge in [0.05, 0.1) is 37.5 Å². The van der Waals surface area contributed by atoms with Gasteiger partial charge in [-0.3, -0.25) is 9.69 Å². The lowest BCUT2D eigenvalue weighted by Gasteiger charge is -2.24. The molecule has 0 radical (unpaired) electrons. The Morgan fingerprint density at radius 1 is 0.944 bits per heavy atom. The second-order valence-corrected chi connectivity index (χ2v) is 6.70. The first-order valence-electron chi connectivity index (χ1n) is 10.8. The molecule has 200 valence electrons. The van der Waals surface area contributed by atoms with Gasteiger partial charge in [-0.15, -0.1) is 0 Å². The highest BCUT2D eigenvalue weighted by Gasteiger charge is 2.36. The van der Waals surface area contributed by atoms with Crippen LogP contribution in [0.1, 0.15) is 30.5 Å². The van der Waals surface area contributed by atoms with Crippen molar-refractivity contribution >= 4 is 6.29 Å². The number of aliphatic hydroxyl groups is 1. The SMILES string of the molecule is CC.Fc1ccccc1.O=CC#CCN1CCOCC1.OCc1cc(C(F)(F)F)cc(C(F)(F)F)c1. The molecule has 0 bridgehead atoms. The summed E-state index contributed by atoms with van der Waals surface area (Å²) in [5, 5.41) is 8.58. The Hall–Kier alpha value is -2.94. The molecular weight excluding hydrogens is 495 g/mol. The number of morpholine rings is 1. The van der Waals surface area contributed by atoms with E-state index < -0.39 is 35.6 Å². The number of hydrogen-bond donors (Lipinski definition) is 1. The molecule has 36 heavy (non-hydrogen) atoms. The van der Waals surface area contributed by atoms with Crippen molar-refractivity contribution in [3.05, 3.63) is 71.0 Å². The van der Waals surface area contributed by atoms with Crippen LogP contribution in [0, 0.1) is 17.7 Å². The van der Waals surface area contributed by atoms with E-state index in [1.807, 2.05) is 13.8 Å². The smallest absolute Gasteiger partial charge is 0.392 e. The Morgan fingerprint density at radius 3 is 1.81 bits per heavy atom. The minimum atomic E-state index is -4.87. The van der Waals surface area contributed by atoms with Crippen molar-refractivity contribution in [1.29, 1.82) is 0 Å². The second kappa shape index (κ2) is 17.5. The van der Waals surface area contributed by atoms with E-state index in [-0.39, 0.29) is 11.9 Å². The van der Waals surface area contributed by atoms with Crippen molar-refractivity contribution in [2.24, 2.45) is 0 Å². The van der Waals surface area contributed by atoms with E-state index in [0.717, 1.165) is 26.3 Å². The van der Waals surface area contributed by atoms with Crippen LogP contribution in [0.2, 0.25) is 0 Å². The molecule has 0 saturated carbocycles. The highest BCUT2D eigenvalue weighted by Crippen LogP contribution is 2.36. The molecule has 11 heteroatoms. The van der Waals surface area contributed by atoms with Crippen LogP contribution in [-0.4, -0.2) is 49.1 Å². The molecule has 0 unspecified atom stereocenters. The molecule has 1 aliphatic rings. The molecule has 4 nitrogen and oxygen atoms in total. The van der Waals surface area contributed by atoms with Crippen LogP contribution < -0.4 is 0 Å². The molecule has 0 spiro atoms. The average molecular weight is 523 g/mol. The lowest BCUT2D eigenvalue weighted by molar-refractivity contribution is -0.143. The molecule has 1 heterocycles. The van der Waals surface area contributed by atoms with Gasteiger partial charge in [0.2, 0.25) is 0 Å². The van der Waals surface area contributed by atoms with Crippen molar-refractivity contribution in [3.63, 3.8) is 0 Å². The summed E-state index contributed by atoms with van der Waals surface area (Å²) in [4.78, 5) is 12.0. The van der Waals surface area contributed by atoms with Crippen LogP contribution in [0.5, 0.6) is 0 Å². The van der Waals surface area contributed by atoms with Crippen LogP contribution in [-0.2, 0) is 28.5 Å². The van der Waals surface area contributed by atoms with Gasteiger partial charge < -0.3 is 9.84 Å². The fourth-order valence-electron chi connectivity index (χ4n) is 2.48. The summed E-state index contributed by atoms with van der Waals surface area (Å²) in [7, 11) is 0. The summed E-state index contributed by atoms with van der Waals surface area (Å²) in [6.07, 6.45) is -9.11. The first-order valence-corrected chi connectivity index (χ1v) is 10.8. The van der Waals surface area contributed by atoms with E-state index in [4.69, 9.17) is 9.84 Å². The zero-order valence-electron chi connectivity index (χ0n) is 19.8. The van der Waals surface area contributed by atoms with E-state index >= 15 is 0 Å². The monoisotopic (exact) mass is 523 g/mol. The molecule has 1 saturated heterocycles. The third-order valence-electron chi connectivity index (χ3n) is 4.13. The van der Waals surface area contributed by atoms with Crippen LogP contribution in [0.15, 0.2) is 48.5 Å². The maximum Gasteiger partial charge on any atom is 0.416 e. The van der Waals surface area contributed by atoms with Crippen molar-refractivity contribution in [2.75, 3.05) is 32.8 Å². The van der Waals surface area contributed by atoms with Crippen molar-refractivity contribution in [1.82, 2.24) is 4.90 Å². The minimum Gasteiger partial charge on any atom is -0.392 e. The molecule has 2 aromatic rings. The van der Waals surface area contributed by atoms with Gasteiger partial charge >= 0.3 is 12.4 Å². The Kier molecular flexibility index (Phi) is 16.1. The van der Waals surface area contributed by atoms with Gasteiger partial charge in [0.15, 0.2) is 6.29 Å². The number of halogens is 7. The second-order valence-electron chi connectivity index (χ2n) is 6.70. The van der Waals surface area contributed by atoms with Crippen LogP contribution in [0.4, 0.5) is 30.7 Å². The lowest BCUT2D eigenvalue weighted by atomic mass is 10.1. The molecule has 0 amide bonds. The average Bonchev–Trinajstić information content (AvgIpc) is 2.86. The number of aliphatic hydroxyl groups excluding tert-OH is 1. The van der Waals surface area contributed by atoms with Gasteiger partial charge in [0, 0.05) is 13.1 Å². The largest absolute Gasteiger partial charge is 0.416 e. The molecule has 0 atom stereocenters. The van der Waals surface area contributed by atoms with Crippen LogP contribution >= 0.6 is 0 Å². The number of nitrogens with zero attached hydrogens (tertiary/aromatic N) is 1. The molecule has 2 aromatic carbocycles. The number of ether oxygens (including phenoxy) is 1. The van der Waals surface area contributed by atoms with Gasteiger partial charge in [-0.25, -0.2) is 4.39 Å². The van der Waals surface area contributed by atoms with Crippen molar-refractivity contribution in [2.45, 2.75) is 32.8 Å². The Morgan fingerprint density at radius 2 is 1.44 bits per heavy atom. The lowest BCUT2D eigenvalue weighted by Crippen LogP contribution is -2.36. The van der Waals surface area contributed by atoms with Gasteiger partial charge in [-0.2, -0.15) is 26.3 Å². The van der Waals surface area contributed by atoms with Crippen molar-refractivity contribution < 1.29 is 45.4 Å². The summed E-state index contributed by atoms with van der Waals surface area (Å²) in [6.45, 7) is 7.21. The fraction of sp³-hybridized carbons (Fsp3) is 0.400. The first-order chi connectivity index (χ1) is 17.0. The van der Waals surface area contributed by atoms with E-state index in [1.54, 1.807) is 18.2 Å². The number of alkyl halides is 6. The molecule has 0 aliphatic carbocycles. The van der Waals surface area contributed by atoms with E-state index in [1.165, 1.54) is 12.1 Å². The maximum absolute atomic E-state index is 12.2. The topological polar surface area (TPSA) is 49.8 Å². The van der Waals surface area contributed by atoms with Gasteiger partial charge in [0.25, 0.3) is 0 Å². The van der Waals surface area contributed by atoms with Gasteiger partial charge in [-0.05, 0) is 41.8 Å². The number of benzene rings is 2. The zero-order valence-corrected chi connectivity index (χ0v) is 19.8.